The zero-order valence-electron chi connectivity index (χ0n) is 26.5. The summed E-state index contributed by atoms with van der Waals surface area (Å²) in [6, 6.07) is 0.590. The zero-order valence-corrected chi connectivity index (χ0v) is 26.5. The minimum absolute atomic E-state index is 0.0285. The Morgan fingerprint density at radius 2 is 1.51 bits per heavy atom. The first kappa shape index (κ1) is 35.1. The first-order chi connectivity index (χ1) is 18.6. The average molecular weight is 549 g/mol. The molecule has 0 aromatic carbocycles. The fourth-order valence-corrected chi connectivity index (χ4v) is 5.97. The van der Waals surface area contributed by atoms with E-state index >= 15 is 0 Å². The van der Waals surface area contributed by atoms with Crippen LogP contribution in [0.25, 0.3) is 0 Å². The van der Waals surface area contributed by atoms with Crippen molar-refractivity contribution in [3.63, 3.8) is 0 Å². The minimum atomic E-state index is -0.179. The molecule has 1 N–H and O–H groups in total. The maximum absolute atomic E-state index is 13.0. The summed E-state index contributed by atoms with van der Waals surface area (Å²) < 4.78 is 0. The van der Waals surface area contributed by atoms with Gasteiger partial charge in [0.2, 0.25) is 18.2 Å². The number of fused-ring (bicyclic) bond motifs is 1. The number of nitrogens with zero attached hydrogens (tertiary/aromatic N) is 3. The number of likely N-dealkylation sites (N-methyl/N-ethyl adjacent to an activating group) is 1. The Morgan fingerprint density at radius 3 is 2.03 bits per heavy atom. The van der Waals surface area contributed by atoms with Gasteiger partial charge in [0.25, 0.3) is 0 Å². The minimum Gasteiger partial charge on any atom is -0.350 e. The number of carbonyl (C=O) groups excluding carboxylic acids is 3. The second-order valence-corrected chi connectivity index (χ2v) is 12.3. The molecule has 2 aliphatic heterocycles. The molecule has 0 radical (unpaired) electrons. The van der Waals surface area contributed by atoms with Crippen LogP contribution in [0.4, 0.5) is 0 Å². The molecule has 1 aliphatic carbocycles. The Hall–Kier alpha value is -1.89. The predicted octanol–water partition coefficient (Wildman–Crippen LogP) is 5.50. The summed E-state index contributed by atoms with van der Waals surface area (Å²) in [7, 11) is 1.72. The molecule has 1 saturated carbocycles. The highest BCUT2D eigenvalue weighted by Crippen LogP contribution is 2.36. The molecule has 226 valence electrons. The van der Waals surface area contributed by atoms with Crippen LogP contribution >= 0.6 is 0 Å². The van der Waals surface area contributed by atoms with Crippen LogP contribution < -0.4 is 5.32 Å². The van der Waals surface area contributed by atoms with Gasteiger partial charge in [0.1, 0.15) is 0 Å². The van der Waals surface area contributed by atoms with Gasteiger partial charge in [-0.05, 0) is 77.3 Å². The highest BCUT2D eigenvalue weighted by atomic mass is 16.2. The molecule has 0 aromatic rings. The third-order valence-corrected chi connectivity index (χ3v) is 8.32. The SMILES string of the molecule is C/C(=C\[C@H](C(C)C)N(C)C(=O)CNC=O)C(=O)N1CCC2CCCCC2C1.CC(C)N1CCCCC1.CCC. The van der Waals surface area contributed by atoms with E-state index in [1.165, 1.54) is 64.5 Å². The van der Waals surface area contributed by atoms with Crippen molar-refractivity contribution in [1.82, 2.24) is 20.0 Å². The van der Waals surface area contributed by atoms with Crippen molar-refractivity contribution in [2.24, 2.45) is 17.8 Å². The molecule has 0 bridgehead atoms. The van der Waals surface area contributed by atoms with Crippen LogP contribution in [0, 0.1) is 17.8 Å². The van der Waals surface area contributed by atoms with Crippen molar-refractivity contribution in [1.29, 1.82) is 0 Å². The smallest absolute Gasteiger partial charge is 0.249 e. The summed E-state index contributed by atoms with van der Waals surface area (Å²) in [5.74, 6) is 1.55. The number of amides is 3. The molecule has 2 unspecified atom stereocenters. The molecule has 2 heterocycles. The number of nitrogens with one attached hydrogen (secondary N) is 1. The first-order valence-corrected chi connectivity index (χ1v) is 15.7. The second kappa shape index (κ2) is 19.2. The molecule has 39 heavy (non-hydrogen) atoms. The summed E-state index contributed by atoms with van der Waals surface area (Å²) in [5.41, 5.74) is 0.700. The second-order valence-electron chi connectivity index (χ2n) is 12.3. The Bertz CT molecular complexity index is 746. The lowest BCUT2D eigenvalue weighted by atomic mass is 9.75. The van der Waals surface area contributed by atoms with Crippen molar-refractivity contribution >= 4 is 18.2 Å². The Kier molecular flexibility index (Phi) is 17.3. The largest absolute Gasteiger partial charge is 0.350 e. The van der Waals surface area contributed by atoms with E-state index in [9.17, 15) is 14.4 Å². The van der Waals surface area contributed by atoms with Gasteiger partial charge in [0.15, 0.2) is 0 Å². The van der Waals surface area contributed by atoms with Crippen molar-refractivity contribution < 1.29 is 14.4 Å². The van der Waals surface area contributed by atoms with E-state index in [4.69, 9.17) is 0 Å². The Balaban J connectivity index is 0.000000524. The molecule has 3 rings (SSSR count). The molecule has 7 nitrogen and oxygen atoms in total. The quantitative estimate of drug-likeness (QED) is 0.321. The van der Waals surface area contributed by atoms with E-state index < -0.39 is 0 Å². The third kappa shape index (κ3) is 12.4. The topological polar surface area (TPSA) is 73.0 Å². The van der Waals surface area contributed by atoms with Crippen LogP contribution in [0.3, 0.4) is 0 Å². The third-order valence-electron chi connectivity index (χ3n) is 8.32. The Morgan fingerprint density at radius 1 is 0.923 bits per heavy atom. The maximum Gasteiger partial charge on any atom is 0.249 e. The summed E-state index contributed by atoms with van der Waals surface area (Å²) in [6.45, 7) is 19.1. The summed E-state index contributed by atoms with van der Waals surface area (Å²) in [6.07, 6.45) is 14.3. The lowest BCUT2D eigenvalue weighted by Crippen LogP contribution is -2.46. The van der Waals surface area contributed by atoms with Crippen molar-refractivity contribution in [3.05, 3.63) is 11.6 Å². The molecule has 3 fully saturated rings. The molecular formula is C32H60N4O3. The molecule has 7 heteroatoms. The number of carbonyl (C=O) groups is 3. The van der Waals surface area contributed by atoms with Crippen molar-refractivity contribution in [2.45, 2.75) is 118 Å². The number of rotatable bonds is 8. The van der Waals surface area contributed by atoms with Crippen molar-refractivity contribution in [2.75, 3.05) is 39.8 Å². The number of likely N-dealkylation sites (tertiary alicyclic amines) is 2. The fraction of sp³-hybridized carbons (Fsp3) is 0.844. The van der Waals surface area contributed by atoms with E-state index in [-0.39, 0.29) is 30.3 Å². The molecule has 2 saturated heterocycles. The zero-order chi connectivity index (χ0) is 29.4. The first-order valence-electron chi connectivity index (χ1n) is 15.7. The van der Waals surface area contributed by atoms with Gasteiger partial charge in [0, 0.05) is 31.8 Å². The summed E-state index contributed by atoms with van der Waals surface area (Å²) in [4.78, 5) is 41.8. The van der Waals surface area contributed by atoms with E-state index in [2.05, 4.69) is 37.9 Å². The maximum atomic E-state index is 13.0. The van der Waals surface area contributed by atoms with Crippen LogP contribution in [0.15, 0.2) is 11.6 Å². The molecule has 3 atom stereocenters. The van der Waals surface area contributed by atoms with E-state index in [0.717, 1.165) is 31.5 Å². The standard InChI is InChI=1S/C21H35N3O3.C8H17N.C3H8/c1-15(2)19(23(4)20(26)12-22-14-25)11-16(3)21(27)24-10-9-17-7-5-6-8-18(17)13-24;1-8(2)9-6-4-3-5-7-9;1-3-2/h11,14-15,17-19H,5-10,12-13H2,1-4H3,(H,22,25);8H,3-7H2,1-2H3;3H2,1-2H3/b16-11+;;/t17?,18?,19-;;/m1../s1. The lowest BCUT2D eigenvalue weighted by Gasteiger charge is -2.41. The van der Waals surface area contributed by atoms with Gasteiger partial charge in [-0.1, -0.05) is 65.9 Å². The van der Waals surface area contributed by atoms with Crippen LogP contribution in [0.5, 0.6) is 0 Å². The van der Waals surface area contributed by atoms with E-state index in [1.54, 1.807) is 11.9 Å². The molecular weight excluding hydrogens is 488 g/mol. The highest BCUT2D eigenvalue weighted by molar-refractivity contribution is 5.93. The average Bonchev–Trinajstić information content (AvgIpc) is 2.94. The van der Waals surface area contributed by atoms with Crippen LogP contribution in [0.1, 0.15) is 106 Å². The Labute approximate surface area is 240 Å². The van der Waals surface area contributed by atoms with Crippen LogP contribution in [0.2, 0.25) is 0 Å². The molecule has 0 spiro atoms. The van der Waals surface area contributed by atoms with Gasteiger partial charge in [-0.25, -0.2) is 0 Å². The monoisotopic (exact) mass is 548 g/mol. The van der Waals surface area contributed by atoms with Gasteiger partial charge in [0.05, 0.1) is 12.6 Å². The normalized spacial score (nSPS) is 22.5. The number of hydrogen-bond donors (Lipinski definition) is 1. The van der Waals surface area contributed by atoms with Gasteiger partial charge in [-0.15, -0.1) is 0 Å². The summed E-state index contributed by atoms with van der Waals surface area (Å²) >= 11 is 0. The molecule has 0 aromatic heterocycles. The predicted molar refractivity (Wildman–Crippen MR) is 162 cm³/mol. The summed E-state index contributed by atoms with van der Waals surface area (Å²) in [5, 5.41) is 2.41. The van der Waals surface area contributed by atoms with Gasteiger partial charge in [-0.3, -0.25) is 14.4 Å². The van der Waals surface area contributed by atoms with Crippen LogP contribution in [-0.4, -0.2) is 84.8 Å². The van der Waals surface area contributed by atoms with E-state index in [0.29, 0.717) is 17.9 Å². The highest BCUT2D eigenvalue weighted by Gasteiger charge is 2.33. The lowest BCUT2D eigenvalue weighted by molar-refractivity contribution is -0.132. The van der Waals surface area contributed by atoms with E-state index in [1.807, 2.05) is 31.7 Å². The van der Waals surface area contributed by atoms with Gasteiger partial charge in [-0.2, -0.15) is 0 Å². The molecule has 3 amide bonds. The van der Waals surface area contributed by atoms with Gasteiger partial charge < -0.3 is 20.0 Å². The van der Waals surface area contributed by atoms with Crippen molar-refractivity contribution in [3.8, 4) is 0 Å². The number of piperidine rings is 2. The molecule has 3 aliphatic rings. The number of hydrogen-bond acceptors (Lipinski definition) is 4. The van der Waals surface area contributed by atoms with Gasteiger partial charge >= 0.3 is 0 Å². The van der Waals surface area contributed by atoms with Crippen LogP contribution in [-0.2, 0) is 14.4 Å². The fourth-order valence-electron chi connectivity index (χ4n) is 5.97.